The molecule has 0 radical (unpaired) electrons. The van der Waals surface area contributed by atoms with Crippen molar-refractivity contribution in [2.24, 2.45) is 11.1 Å². The van der Waals surface area contributed by atoms with Gasteiger partial charge in [0.05, 0.1) is 0 Å². The summed E-state index contributed by atoms with van der Waals surface area (Å²) in [5, 5.41) is 8.65. The van der Waals surface area contributed by atoms with Gasteiger partial charge in [0.15, 0.2) is 0 Å². The molecule has 3 saturated carbocycles. The van der Waals surface area contributed by atoms with Crippen molar-refractivity contribution >= 4 is 6.16 Å². The first-order chi connectivity index (χ1) is 6.60. The number of fused-ring (bicyclic) bond motifs is 3. The fourth-order valence-electron chi connectivity index (χ4n) is 2.87. The molecule has 80 valence electrons. The van der Waals surface area contributed by atoms with Gasteiger partial charge < -0.3 is 15.6 Å². The maximum atomic E-state index is 10.6. The molecule has 2 bridgehead atoms. The average molecular weight is 199 g/mol. The Bertz CT molecular complexity index is 227. The molecule has 0 aromatic rings. The largest absolute Gasteiger partial charge is 0.506 e. The van der Waals surface area contributed by atoms with E-state index >= 15 is 0 Å². The number of carboxylic acid groups (broad SMARTS) is 1. The van der Waals surface area contributed by atoms with Crippen LogP contribution in [0.15, 0.2) is 0 Å². The van der Waals surface area contributed by atoms with E-state index in [0.29, 0.717) is 5.41 Å². The van der Waals surface area contributed by atoms with Gasteiger partial charge in [-0.25, -0.2) is 4.79 Å². The molecule has 3 aliphatic carbocycles. The Hall–Kier alpha value is -0.770. The first-order valence-electron chi connectivity index (χ1n) is 5.22. The second-order valence-corrected chi connectivity index (χ2v) is 4.76. The Morgan fingerprint density at radius 1 is 1.21 bits per heavy atom. The SMILES string of the molecule is NCC12CCC(OC(=O)O)(CC1)CC2. The molecule has 3 fully saturated rings. The Balaban J connectivity index is 2.05. The van der Waals surface area contributed by atoms with Crippen molar-refractivity contribution in [3.8, 4) is 0 Å². The lowest BCUT2D eigenvalue weighted by Gasteiger charge is -2.51. The highest BCUT2D eigenvalue weighted by molar-refractivity contribution is 5.57. The van der Waals surface area contributed by atoms with Gasteiger partial charge in [0.2, 0.25) is 0 Å². The van der Waals surface area contributed by atoms with Crippen LogP contribution in [0.25, 0.3) is 0 Å². The summed E-state index contributed by atoms with van der Waals surface area (Å²) < 4.78 is 5.03. The highest BCUT2D eigenvalue weighted by Crippen LogP contribution is 2.53. The Morgan fingerprint density at radius 3 is 2.07 bits per heavy atom. The fourth-order valence-corrected chi connectivity index (χ4v) is 2.87. The van der Waals surface area contributed by atoms with Crippen LogP contribution in [-0.2, 0) is 4.74 Å². The highest BCUT2D eigenvalue weighted by Gasteiger charge is 2.50. The molecule has 3 N–H and O–H groups in total. The lowest BCUT2D eigenvalue weighted by atomic mass is 9.58. The predicted octanol–water partition coefficient (Wildman–Crippen LogP) is 1.73. The van der Waals surface area contributed by atoms with Crippen molar-refractivity contribution in [1.82, 2.24) is 0 Å². The van der Waals surface area contributed by atoms with Crippen LogP contribution >= 0.6 is 0 Å². The van der Waals surface area contributed by atoms with Gasteiger partial charge in [-0.15, -0.1) is 0 Å². The molecule has 14 heavy (non-hydrogen) atoms. The second-order valence-electron chi connectivity index (χ2n) is 4.76. The summed E-state index contributed by atoms with van der Waals surface area (Å²) in [5.74, 6) is 0. The molecule has 0 atom stereocenters. The fraction of sp³-hybridized carbons (Fsp3) is 0.900. The zero-order valence-corrected chi connectivity index (χ0v) is 8.29. The number of carbonyl (C=O) groups is 1. The van der Waals surface area contributed by atoms with Crippen molar-refractivity contribution in [1.29, 1.82) is 0 Å². The Labute approximate surface area is 83.4 Å². The summed E-state index contributed by atoms with van der Waals surface area (Å²) in [6.45, 7) is 0.732. The number of hydrogen-bond donors (Lipinski definition) is 2. The van der Waals surface area contributed by atoms with Gasteiger partial charge >= 0.3 is 6.16 Å². The van der Waals surface area contributed by atoms with Gasteiger partial charge in [-0.2, -0.15) is 0 Å². The molecular weight excluding hydrogens is 182 g/mol. The molecule has 0 aromatic heterocycles. The number of ether oxygens (including phenoxy) is 1. The highest BCUT2D eigenvalue weighted by atomic mass is 16.7. The molecule has 0 unspecified atom stereocenters. The van der Waals surface area contributed by atoms with Gasteiger partial charge in [-0.05, 0) is 50.5 Å². The molecular formula is C10H17NO3. The number of rotatable bonds is 2. The summed E-state index contributed by atoms with van der Waals surface area (Å²) in [4.78, 5) is 10.6. The Morgan fingerprint density at radius 2 is 1.71 bits per heavy atom. The minimum absolute atomic E-state index is 0.295. The third-order valence-corrected chi connectivity index (χ3v) is 4.07. The second kappa shape index (κ2) is 3.12. The maximum Gasteiger partial charge on any atom is 0.506 e. The van der Waals surface area contributed by atoms with Gasteiger partial charge in [0.25, 0.3) is 0 Å². The minimum atomic E-state index is -1.13. The van der Waals surface area contributed by atoms with Crippen LogP contribution in [0.2, 0.25) is 0 Å². The van der Waals surface area contributed by atoms with Crippen molar-refractivity contribution in [3.05, 3.63) is 0 Å². The van der Waals surface area contributed by atoms with Gasteiger partial charge in [-0.3, -0.25) is 0 Å². The van der Waals surface area contributed by atoms with E-state index in [9.17, 15) is 4.79 Å². The van der Waals surface area contributed by atoms with Crippen LogP contribution in [0.3, 0.4) is 0 Å². The lowest BCUT2D eigenvalue weighted by Crippen LogP contribution is -2.51. The smallest absolute Gasteiger partial charge is 0.450 e. The topological polar surface area (TPSA) is 72.5 Å². The van der Waals surface area contributed by atoms with E-state index in [0.717, 1.165) is 45.1 Å². The van der Waals surface area contributed by atoms with Crippen molar-refractivity contribution in [2.45, 2.75) is 44.1 Å². The van der Waals surface area contributed by atoms with E-state index in [1.165, 1.54) is 0 Å². The van der Waals surface area contributed by atoms with E-state index in [2.05, 4.69) is 0 Å². The van der Waals surface area contributed by atoms with Crippen LogP contribution in [-0.4, -0.2) is 23.4 Å². The molecule has 0 spiro atoms. The van der Waals surface area contributed by atoms with Crippen LogP contribution in [0.4, 0.5) is 4.79 Å². The summed E-state index contributed by atoms with van der Waals surface area (Å²) in [5.41, 5.74) is 5.68. The first-order valence-corrected chi connectivity index (χ1v) is 5.22. The van der Waals surface area contributed by atoms with Gasteiger partial charge in [0.1, 0.15) is 5.60 Å². The Kier molecular flexibility index (Phi) is 2.18. The predicted molar refractivity (Wildman–Crippen MR) is 51.0 cm³/mol. The molecule has 4 nitrogen and oxygen atoms in total. The zero-order chi connectivity index (χ0) is 10.2. The summed E-state index contributed by atoms with van der Waals surface area (Å²) >= 11 is 0. The first kappa shape index (κ1) is 9.77. The van der Waals surface area contributed by atoms with Gasteiger partial charge in [-0.1, -0.05) is 0 Å². The van der Waals surface area contributed by atoms with Crippen LogP contribution in [0.5, 0.6) is 0 Å². The van der Waals surface area contributed by atoms with Gasteiger partial charge in [0, 0.05) is 0 Å². The molecule has 0 aliphatic heterocycles. The third kappa shape index (κ3) is 1.47. The van der Waals surface area contributed by atoms with Crippen LogP contribution in [0.1, 0.15) is 38.5 Å². The molecule has 3 aliphatic rings. The normalized spacial score (nSPS) is 40.9. The third-order valence-electron chi connectivity index (χ3n) is 4.07. The van der Waals surface area contributed by atoms with Crippen LogP contribution < -0.4 is 5.73 Å². The number of nitrogens with two attached hydrogens (primary N) is 1. The number of hydrogen-bond acceptors (Lipinski definition) is 3. The summed E-state index contributed by atoms with van der Waals surface area (Å²) in [7, 11) is 0. The molecule has 4 heteroatoms. The van der Waals surface area contributed by atoms with Crippen molar-refractivity contribution in [3.63, 3.8) is 0 Å². The van der Waals surface area contributed by atoms with E-state index in [-0.39, 0.29) is 5.60 Å². The van der Waals surface area contributed by atoms with E-state index < -0.39 is 6.16 Å². The molecule has 0 aromatic carbocycles. The molecule has 3 rings (SSSR count). The van der Waals surface area contributed by atoms with E-state index in [4.69, 9.17) is 15.6 Å². The quantitative estimate of drug-likeness (QED) is 0.664. The minimum Gasteiger partial charge on any atom is -0.450 e. The average Bonchev–Trinajstić information content (AvgIpc) is 2.19. The van der Waals surface area contributed by atoms with E-state index in [1.807, 2.05) is 0 Å². The molecule has 0 saturated heterocycles. The lowest BCUT2D eigenvalue weighted by molar-refractivity contribution is -0.107. The maximum absolute atomic E-state index is 10.6. The molecule has 0 amide bonds. The van der Waals surface area contributed by atoms with Crippen molar-refractivity contribution in [2.75, 3.05) is 6.54 Å². The standard InChI is InChI=1S/C10H17NO3/c11-7-9-1-4-10(5-2-9,6-3-9)14-8(12)13/h1-7,11H2,(H,12,13). The van der Waals surface area contributed by atoms with Crippen molar-refractivity contribution < 1.29 is 14.6 Å². The van der Waals surface area contributed by atoms with Crippen LogP contribution in [0, 0.1) is 5.41 Å². The zero-order valence-electron chi connectivity index (χ0n) is 8.29. The van der Waals surface area contributed by atoms with E-state index in [1.54, 1.807) is 0 Å². The monoisotopic (exact) mass is 199 g/mol. The molecule has 0 heterocycles. The summed E-state index contributed by atoms with van der Waals surface area (Å²) in [6, 6.07) is 0. The summed E-state index contributed by atoms with van der Waals surface area (Å²) in [6.07, 6.45) is 4.51.